The Morgan fingerprint density at radius 3 is 2.68 bits per heavy atom. The highest BCUT2D eigenvalue weighted by atomic mass is 32.2. The number of rotatable bonds is 7. The van der Waals surface area contributed by atoms with Gasteiger partial charge in [0.15, 0.2) is 12.3 Å². The Kier molecular flexibility index (Phi) is 5.60. The van der Waals surface area contributed by atoms with Crippen LogP contribution in [0, 0.1) is 0 Å². The Balaban J connectivity index is 1.87. The number of anilines is 1. The van der Waals surface area contributed by atoms with Crippen LogP contribution in [0.2, 0.25) is 0 Å². The minimum absolute atomic E-state index is 0.122. The number of nitrogens with zero attached hydrogens (tertiary/aromatic N) is 1. The maximum atomic E-state index is 11.6. The van der Waals surface area contributed by atoms with Crippen LogP contribution in [0.4, 0.5) is 5.69 Å². The second-order valence-corrected chi connectivity index (χ2v) is 6.32. The highest BCUT2D eigenvalue weighted by Crippen LogP contribution is 2.39. The molecule has 0 saturated heterocycles. The number of nitrogens with one attached hydrogen (secondary N) is 1. The number of para-hydroxylation sites is 2. The Morgan fingerprint density at radius 2 is 1.96 bits per heavy atom. The smallest absolute Gasteiger partial charge is 0.344 e. The summed E-state index contributed by atoms with van der Waals surface area (Å²) < 4.78 is 10.7. The number of aliphatic imine (C=N–C) groups is 1. The first-order chi connectivity index (χ1) is 12.2. The zero-order valence-electron chi connectivity index (χ0n) is 14.0. The lowest BCUT2D eigenvalue weighted by Crippen LogP contribution is -2.34. The molecule has 1 aliphatic heterocycles. The van der Waals surface area contributed by atoms with Crippen molar-refractivity contribution in [1.82, 2.24) is 0 Å². The SMILES string of the molecule is CCOC(=O)COc1ccccc1C1(Nc2ccccc2)CSC=N1. The molecule has 6 heteroatoms. The van der Waals surface area contributed by atoms with Gasteiger partial charge in [0.05, 0.1) is 12.2 Å². The van der Waals surface area contributed by atoms with Crippen LogP contribution in [-0.2, 0) is 15.2 Å². The summed E-state index contributed by atoms with van der Waals surface area (Å²) in [5, 5.41) is 3.51. The summed E-state index contributed by atoms with van der Waals surface area (Å²) in [7, 11) is 0. The Bertz CT molecular complexity index is 751. The molecule has 5 nitrogen and oxygen atoms in total. The van der Waals surface area contributed by atoms with Crippen LogP contribution < -0.4 is 10.1 Å². The van der Waals surface area contributed by atoms with Crippen molar-refractivity contribution in [3.8, 4) is 5.75 Å². The molecule has 0 radical (unpaired) electrons. The Hall–Kier alpha value is -2.47. The van der Waals surface area contributed by atoms with Crippen LogP contribution in [0.3, 0.4) is 0 Å². The average Bonchev–Trinajstić information content (AvgIpc) is 3.11. The summed E-state index contributed by atoms with van der Waals surface area (Å²) in [5.41, 5.74) is 3.08. The third-order valence-corrected chi connectivity index (χ3v) is 4.59. The van der Waals surface area contributed by atoms with Gasteiger partial charge in [0.25, 0.3) is 0 Å². The molecule has 1 aliphatic rings. The van der Waals surface area contributed by atoms with E-state index in [1.807, 2.05) is 60.1 Å². The van der Waals surface area contributed by atoms with Gasteiger partial charge in [-0.1, -0.05) is 36.4 Å². The summed E-state index contributed by atoms with van der Waals surface area (Å²) in [6.45, 7) is 1.99. The van der Waals surface area contributed by atoms with E-state index in [0.717, 1.165) is 17.0 Å². The van der Waals surface area contributed by atoms with E-state index in [0.29, 0.717) is 12.4 Å². The molecule has 0 fully saturated rings. The fourth-order valence-electron chi connectivity index (χ4n) is 2.64. The van der Waals surface area contributed by atoms with Gasteiger partial charge >= 0.3 is 5.97 Å². The topological polar surface area (TPSA) is 59.9 Å². The molecule has 1 heterocycles. The Labute approximate surface area is 151 Å². The number of carbonyl (C=O) groups excluding carboxylic acids is 1. The zero-order valence-corrected chi connectivity index (χ0v) is 14.8. The van der Waals surface area contributed by atoms with Crippen molar-refractivity contribution < 1.29 is 14.3 Å². The molecule has 0 amide bonds. The van der Waals surface area contributed by atoms with Gasteiger partial charge in [-0.15, -0.1) is 11.8 Å². The number of hydrogen-bond donors (Lipinski definition) is 1. The molecular formula is C19H20N2O3S. The van der Waals surface area contributed by atoms with Gasteiger partial charge in [-0.2, -0.15) is 0 Å². The van der Waals surface area contributed by atoms with E-state index in [9.17, 15) is 4.79 Å². The van der Waals surface area contributed by atoms with Crippen molar-refractivity contribution in [3.63, 3.8) is 0 Å². The molecule has 0 spiro atoms. The van der Waals surface area contributed by atoms with Gasteiger partial charge in [-0.05, 0) is 25.1 Å². The third kappa shape index (κ3) is 4.14. The first-order valence-corrected chi connectivity index (χ1v) is 9.15. The zero-order chi connectivity index (χ0) is 17.5. The number of benzene rings is 2. The second-order valence-electron chi connectivity index (χ2n) is 5.49. The predicted octanol–water partition coefficient (Wildman–Crippen LogP) is 3.67. The largest absolute Gasteiger partial charge is 0.481 e. The van der Waals surface area contributed by atoms with E-state index in [-0.39, 0.29) is 12.6 Å². The van der Waals surface area contributed by atoms with Crippen LogP contribution >= 0.6 is 11.8 Å². The number of hydrogen-bond acceptors (Lipinski definition) is 6. The molecule has 0 aromatic heterocycles. The van der Waals surface area contributed by atoms with E-state index in [1.165, 1.54) is 0 Å². The summed E-state index contributed by atoms with van der Waals surface area (Å²) >= 11 is 1.63. The highest BCUT2D eigenvalue weighted by molar-refractivity contribution is 8.12. The van der Waals surface area contributed by atoms with Crippen LogP contribution in [0.1, 0.15) is 12.5 Å². The first-order valence-electron chi connectivity index (χ1n) is 8.10. The number of carbonyl (C=O) groups is 1. The van der Waals surface area contributed by atoms with Crippen molar-refractivity contribution in [2.45, 2.75) is 12.6 Å². The number of thioether (sulfide) groups is 1. The van der Waals surface area contributed by atoms with Crippen molar-refractivity contribution in [3.05, 3.63) is 60.2 Å². The second kappa shape index (κ2) is 8.07. The minimum Gasteiger partial charge on any atom is -0.481 e. The molecule has 0 bridgehead atoms. The summed E-state index contributed by atoms with van der Waals surface area (Å²) in [6, 6.07) is 17.6. The van der Waals surface area contributed by atoms with Gasteiger partial charge in [-0.3, -0.25) is 4.99 Å². The standard InChI is InChI=1S/C19H20N2O3S/c1-2-23-18(22)12-24-17-11-7-6-10-16(17)19(13-25-14-20-19)21-15-8-4-3-5-9-15/h3-11,14,21H,2,12-13H2,1H3. The van der Waals surface area contributed by atoms with Crippen molar-refractivity contribution in [2.24, 2.45) is 4.99 Å². The minimum atomic E-state index is -0.628. The van der Waals surface area contributed by atoms with Crippen LogP contribution in [0.5, 0.6) is 5.75 Å². The van der Waals surface area contributed by atoms with Gasteiger partial charge < -0.3 is 14.8 Å². The molecule has 1 N–H and O–H groups in total. The number of ether oxygens (including phenoxy) is 2. The van der Waals surface area contributed by atoms with Gasteiger partial charge in [0, 0.05) is 17.0 Å². The van der Waals surface area contributed by atoms with E-state index in [2.05, 4.69) is 10.3 Å². The maximum absolute atomic E-state index is 11.6. The molecule has 0 saturated carbocycles. The number of esters is 1. The quantitative estimate of drug-likeness (QED) is 0.767. The molecule has 2 aromatic rings. The molecule has 2 aromatic carbocycles. The van der Waals surface area contributed by atoms with Crippen LogP contribution in [-0.4, -0.2) is 30.5 Å². The van der Waals surface area contributed by atoms with E-state index >= 15 is 0 Å². The third-order valence-electron chi connectivity index (χ3n) is 3.75. The predicted molar refractivity (Wildman–Crippen MR) is 101 cm³/mol. The molecule has 1 atom stereocenters. The van der Waals surface area contributed by atoms with E-state index < -0.39 is 5.66 Å². The van der Waals surface area contributed by atoms with Crippen molar-refractivity contribution >= 4 is 29.0 Å². The highest BCUT2D eigenvalue weighted by Gasteiger charge is 2.37. The fourth-order valence-corrected chi connectivity index (χ4v) is 3.51. The van der Waals surface area contributed by atoms with Crippen molar-refractivity contribution in [1.29, 1.82) is 0 Å². The summed E-state index contributed by atoms with van der Waals surface area (Å²) in [5.74, 6) is 0.979. The molecule has 25 heavy (non-hydrogen) atoms. The molecule has 130 valence electrons. The lowest BCUT2D eigenvalue weighted by atomic mass is 10.00. The molecular weight excluding hydrogens is 336 g/mol. The van der Waals surface area contributed by atoms with Gasteiger partial charge in [0.1, 0.15) is 5.75 Å². The maximum Gasteiger partial charge on any atom is 0.344 e. The summed E-state index contributed by atoms with van der Waals surface area (Å²) in [6.07, 6.45) is 0. The van der Waals surface area contributed by atoms with Gasteiger partial charge in [0.2, 0.25) is 0 Å². The van der Waals surface area contributed by atoms with Crippen LogP contribution in [0.15, 0.2) is 59.6 Å². The van der Waals surface area contributed by atoms with E-state index in [4.69, 9.17) is 9.47 Å². The van der Waals surface area contributed by atoms with Crippen molar-refractivity contribution in [2.75, 3.05) is 24.3 Å². The van der Waals surface area contributed by atoms with Gasteiger partial charge in [-0.25, -0.2) is 4.79 Å². The molecule has 0 aliphatic carbocycles. The lowest BCUT2D eigenvalue weighted by Gasteiger charge is -2.30. The first kappa shape index (κ1) is 17.4. The molecule has 1 unspecified atom stereocenters. The fraction of sp³-hybridized carbons (Fsp3) is 0.263. The molecule has 3 rings (SSSR count). The normalized spacial score (nSPS) is 18.8. The average molecular weight is 356 g/mol. The lowest BCUT2D eigenvalue weighted by molar-refractivity contribution is -0.145. The summed E-state index contributed by atoms with van der Waals surface area (Å²) in [4.78, 5) is 16.3. The van der Waals surface area contributed by atoms with E-state index in [1.54, 1.807) is 18.7 Å². The Morgan fingerprint density at radius 1 is 1.20 bits per heavy atom. The monoisotopic (exact) mass is 356 g/mol. The van der Waals surface area contributed by atoms with Crippen LogP contribution in [0.25, 0.3) is 0 Å².